The molecular formula is C47H35BN2. The largest absolute Gasteiger partial charge is 0.311 e. The van der Waals surface area contributed by atoms with Crippen LogP contribution in [-0.4, -0.2) is 6.71 Å². The molecule has 2 heterocycles. The van der Waals surface area contributed by atoms with Crippen molar-refractivity contribution in [1.29, 1.82) is 0 Å². The molecule has 0 saturated heterocycles. The van der Waals surface area contributed by atoms with E-state index >= 15 is 0 Å². The van der Waals surface area contributed by atoms with Crippen molar-refractivity contribution in [2.45, 2.75) is 19.3 Å². The number of fused-ring (bicyclic) bond motifs is 5. The SMILES string of the molecule is CC1(C)C2=C(c3ccccc31)N(c1ccccc1)c1cccc3c1B2c1ccc(-c2ccccc2)cc1N3c1cccc(-c2ccccc2)c1. The zero-order valence-corrected chi connectivity index (χ0v) is 28.2. The van der Waals surface area contributed by atoms with Crippen molar-refractivity contribution in [3.63, 3.8) is 0 Å². The fourth-order valence-corrected chi connectivity index (χ4v) is 8.86. The summed E-state index contributed by atoms with van der Waals surface area (Å²) in [6.45, 7) is 4.95. The van der Waals surface area contributed by atoms with Crippen LogP contribution in [0.5, 0.6) is 0 Å². The third kappa shape index (κ3) is 4.16. The monoisotopic (exact) mass is 638 g/mol. The van der Waals surface area contributed by atoms with Gasteiger partial charge < -0.3 is 9.80 Å². The van der Waals surface area contributed by atoms with Crippen molar-refractivity contribution in [1.82, 2.24) is 0 Å². The molecule has 50 heavy (non-hydrogen) atoms. The van der Waals surface area contributed by atoms with Gasteiger partial charge in [-0.2, -0.15) is 0 Å². The third-order valence-corrected chi connectivity index (χ3v) is 11.0. The van der Waals surface area contributed by atoms with Crippen LogP contribution in [0.4, 0.5) is 28.4 Å². The van der Waals surface area contributed by atoms with E-state index in [1.807, 2.05) is 0 Å². The minimum atomic E-state index is -0.181. The summed E-state index contributed by atoms with van der Waals surface area (Å²) in [5.41, 5.74) is 18.9. The Labute approximate surface area is 294 Å². The normalized spacial score (nSPS) is 15.0. The van der Waals surface area contributed by atoms with Crippen molar-refractivity contribution in [2.24, 2.45) is 0 Å². The van der Waals surface area contributed by atoms with Crippen molar-refractivity contribution in [3.05, 3.63) is 193 Å². The predicted molar refractivity (Wildman–Crippen MR) is 212 cm³/mol. The first-order chi connectivity index (χ1) is 24.6. The van der Waals surface area contributed by atoms with Crippen LogP contribution in [0.2, 0.25) is 0 Å². The van der Waals surface area contributed by atoms with E-state index < -0.39 is 0 Å². The predicted octanol–water partition coefficient (Wildman–Crippen LogP) is 10.8. The lowest BCUT2D eigenvalue weighted by molar-refractivity contribution is 0.666. The smallest absolute Gasteiger partial charge is 0.248 e. The fraction of sp³-hybridized carbons (Fsp3) is 0.0638. The Morgan fingerprint density at radius 1 is 0.440 bits per heavy atom. The van der Waals surface area contributed by atoms with Gasteiger partial charge in [0.1, 0.15) is 0 Å². The Balaban J connectivity index is 1.29. The fourth-order valence-electron chi connectivity index (χ4n) is 8.86. The maximum absolute atomic E-state index is 2.54. The van der Waals surface area contributed by atoms with E-state index in [0.717, 1.165) is 5.69 Å². The number of benzene rings is 7. The molecule has 0 N–H and O–H groups in total. The number of rotatable bonds is 4. The highest BCUT2D eigenvalue weighted by Gasteiger charge is 2.52. The van der Waals surface area contributed by atoms with Crippen molar-refractivity contribution < 1.29 is 0 Å². The molecule has 0 saturated carbocycles. The van der Waals surface area contributed by atoms with Crippen molar-refractivity contribution in [3.8, 4) is 22.3 Å². The van der Waals surface area contributed by atoms with Crippen LogP contribution in [-0.2, 0) is 5.41 Å². The Bertz CT molecular complexity index is 2470. The van der Waals surface area contributed by atoms with E-state index in [9.17, 15) is 0 Å². The van der Waals surface area contributed by atoms with Crippen LogP contribution in [0.3, 0.4) is 0 Å². The van der Waals surface area contributed by atoms with Crippen LogP contribution < -0.4 is 20.7 Å². The molecule has 2 nitrogen and oxygen atoms in total. The van der Waals surface area contributed by atoms with Crippen LogP contribution in [0.15, 0.2) is 181 Å². The number of hydrogen-bond donors (Lipinski definition) is 0. The molecule has 0 spiro atoms. The van der Waals surface area contributed by atoms with Crippen LogP contribution in [0.25, 0.3) is 28.0 Å². The quantitative estimate of drug-likeness (QED) is 0.177. The molecule has 0 atom stereocenters. The molecule has 2 aliphatic heterocycles. The van der Waals surface area contributed by atoms with Crippen molar-refractivity contribution >= 4 is 51.8 Å². The molecule has 0 amide bonds. The van der Waals surface area contributed by atoms with Gasteiger partial charge in [0.2, 0.25) is 6.71 Å². The summed E-state index contributed by atoms with van der Waals surface area (Å²) >= 11 is 0. The molecule has 10 rings (SSSR count). The van der Waals surface area contributed by atoms with Crippen LogP contribution in [0.1, 0.15) is 25.0 Å². The van der Waals surface area contributed by atoms with E-state index in [1.165, 1.54) is 78.2 Å². The van der Waals surface area contributed by atoms with Crippen LogP contribution in [0, 0.1) is 0 Å². The Hall–Kier alpha value is -6.06. The average Bonchev–Trinajstić information content (AvgIpc) is 3.42. The summed E-state index contributed by atoms with van der Waals surface area (Å²) in [6, 6.07) is 64.6. The molecule has 7 aromatic rings. The standard InChI is InChI=1S/C47H35BN2/c1-47(2)39-25-13-12-24-38(39)45-46(47)48-40-29-28-35(33-18-8-4-9-19-33)31-43(40)49(37-23-14-20-34(30-37)32-16-6-3-7-17-32)41-26-15-27-42(44(41)48)50(45)36-21-10-5-11-22-36/h3-31H,1-2H3. The van der Waals surface area contributed by atoms with E-state index in [1.54, 1.807) is 0 Å². The lowest BCUT2D eigenvalue weighted by Gasteiger charge is -2.46. The molecule has 236 valence electrons. The van der Waals surface area contributed by atoms with Gasteiger partial charge >= 0.3 is 0 Å². The number of para-hydroxylation sites is 1. The number of hydrogen-bond acceptors (Lipinski definition) is 2. The van der Waals surface area contributed by atoms with Gasteiger partial charge in [0.25, 0.3) is 0 Å². The molecule has 0 fully saturated rings. The van der Waals surface area contributed by atoms with E-state index in [2.05, 4.69) is 200 Å². The third-order valence-electron chi connectivity index (χ3n) is 11.0. The second-order valence-corrected chi connectivity index (χ2v) is 14.1. The second kappa shape index (κ2) is 11.0. The highest BCUT2D eigenvalue weighted by Crippen LogP contribution is 2.55. The average molecular weight is 639 g/mol. The lowest BCUT2D eigenvalue weighted by Crippen LogP contribution is -2.57. The van der Waals surface area contributed by atoms with Gasteiger partial charge in [0.15, 0.2) is 0 Å². The first kappa shape index (κ1) is 28.9. The summed E-state index contributed by atoms with van der Waals surface area (Å²) in [5.74, 6) is 0. The molecule has 0 radical (unpaired) electrons. The summed E-state index contributed by atoms with van der Waals surface area (Å²) in [7, 11) is 0. The summed E-state index contributed by atoms with van der Waals surface area (Å²) in [5, 5.41) is 0. The summed E-state index contributed by atoms with van der Waals surface area (Å²) in [6.07, 6.45) is 0. The topological polar surface area (TPSA) is 6.48 Å². The van der Waals surface area contributed by atoms with Gasteiger partial charge in [-0.05, 0) is 81.2 Å². The van der Waals surface area contributed by atoms with E-state index in [0.29, 0.717) is 0 Å². The summed E-state index contributed by atoms with van der Waals surface area (Å²) < 4.78 is 0. The minimum Gasteiger partial charge on any atom is -0.311 e. The minimum absolute atomic E-state index is 0.0898. The second-order valence-electron chi connectivity index (χ2n) is 14.1. The number of anilines is 5. The first-order valence-electron chi connectivity index (χ1n) is 17.6. The molecule has 7 aromatic carbocycles. The van der Waals surface area contributed by atoms with E-state index in [4.69, 9.17) is 0 Å². The van der Waals surface area contributed by atoms with E-state index in [-0.39, 0.29) is 12.1 Å². The molecular weight excluding hydrogens is 603 g/mol. The summed E-state index contributed by atoms with van der Waals surface area (Å²) in [4.78, 5) is 5.06. The Morgan fingerprint density at radius 2 is 1.00 bits per heavy atom. The molecule has 0 bridgehead atoms. The zero-order chi connectivity index (χ0) is 33.4. The zero-order valence-electron chi connectivity index (χ0n) is 28.2. The molecule has 0 aromatic heterocycles. The molecule has 3 heteroatoms. The van der Waals surface area contributed by atoms with Gasteiger partial charge in [0, 0.05) is 45.1 Å². The molecule has 1 aliphatic carbocycles. The van der Waals surface area contributed by atoms with Gasteiger partial charge in [0.05, 0.1) is 0 Å². The van der Waals surface area contributed by atoms with Gasteiger partial charge in [-0.15, -0.1) is 0 Å². The lowest BCUT2D eigenvalue weighted by atomic mass is 9.30. The number of allylic oxidation sites excluding steroid dienone is 1. The van der Waals surface area contributed by atoms with Gasteiger partial charge in [-0.3, -0.25) is 0 Å². The maximum Gasteiger partial charge on any atom is 0.248 e. The highest BCUT2D eigenvalue weighted by molar-refractivity contribution is 6.96. The van der Waals surface area contributed by atoms with Crippen molar-refractivity contribution in [2.75, 3.05) is 9.80 Å². The Kier molecular flexibility index (Phi) is 6.35. The van der Waals surface area contributed by atoms with Crippen LogP contribution >= 0.6 is 0 Å². The van der Waals surface area contributed by atoms with Gasteiger partial charge in [-0.25, -0.2) is 0 Å². The highest BCUT2D eigenvalue weighted by atomic mass is 15.2. The van der Waals surface area contributed by atoms with Gasteiger partial charge in [-0.1, -0.05) is 153 Å². The molecule has 0 unspecified atom stereocenters. The maximum atomic E-state index is 2.54. The first-order valence-corrected chi connectivity index (χ1v) is 17.6. The Morgan fingerprint density at radius 3 is 1.72 bits per heavy atom. The molecule has 3 aliphatic rings. The number of nitrogens with zero attached hydrogens (tertiary/aromatic N) is 2.